The van der Waals surface area contributed by atoms with E-state index >= 15 is 0 Å². The lowest BCUT2D eigenvalue weighted by atomic mass is 10.3. The van der Waals surface area contributed by atoms with E-state index in [9.17, 15) is 4.79 Å². The van der Waals surface area contributed by atoms with Gasteiger partial charge in [0.2, 0.25) is 0 Å². The molecule has 0 aliphatic heterocycles. The predicted octanol–water partition coefficient (Wildman–Crippen LogP) is 1.93. The summed E-state index contributed by atoms with van der Waals surface area (Å²) < 4.78 is 0. The number of aromatic nitrogens is 1. The second-order valence-corrected chi connectivity index (χ2v) is 2.75. The Balaban J connectivity index is 2.85. The number of hydrogen-bond acceptors (Lipinski definition) is 2. The number of anilines is 1. The van der Waals surface area contributed by atoms with E-state index in [4.69, 9.17) is 16.7 Å². The van der Waals surface area contributed by atoms with Gasteiger partial charge in [0, 0.05) is 7.05 Å². The molecule has 0 bridgehead atoms. The van der Waals surface area contributed by atoms with Gasteiger partial charge in [0.25, 0.3) is 0 Å². The first-order valence-electron chi connectivity index (χ1n) is 3.62. The SMILES string of the molecule is CN(C(=O)O)c1ccc(CCl)nc1. The Morgan fingerprint density at radius 3 is 2.77 bits per heavy atom. The standard InChI is InChI=1S/C8H9ClN2O2/c1-11(8(12)13)7-3-2-6(4-9)10-5-7/h2-3,5H,4H2,1H3,(H,12,13). The first-order chi connectivity index (χ1) is 6.15. The second-order valence-electron chi connectivity index (χ2n) is 2.48. The molecular formula is C8H9ClN2O2. The van der Waals surface area contributed by atoms with Crippen LogP contribution in [0.3, 0.4) is 0 Å². The third-order valence-electron chi connectivity index (χ3n) is 1.62. The molecule has 1 heterocycles. The van der Waals surface area contributed by atoms with Crippen molar-refractivity contribution in [2.45, 2.75) is 5.88 Å². The molecule has 1 N–H and O–H groups in total. The van der Waals surface area contributed by atoms with Crippen molar-refractivity contribution in [1.29, 1.82) is 0 Å². The molecule has 0 atom stereocenters. The summed E-state index contributed by atoms with van der Waals surface area (Å²) in [5.41, 5.74) is 1.26. The van der Waals surface area contributed by atoms with Gasteiger partial charge in [-0.3, -0.25) is 9.88 Å². The van der Waals surface area contributed by atoms with E-state index < -0.39 is 6.09 Å². The molecule has 70 valence electrons. The fourth-order valence-corrected chi connectivity index (χ4v) is 0.963. The number of amides is 1. The molecule has 0 radical (unpaired) electrons. The number of rotatable bonds is 2. The maximum Gasteiger partial charge on any atom is 0.411 e. The highest BCUT2D eigenvalue weighted by atomic mass is 35.5. The summed E-state index contributed by atoms with van der Waals surface area (Å²) in [6.45, 7) is 0. The van der Waals surface area contributed by atoms with Gasteiger partial charge >= 0.3 is 6.09 Å². The number of halogens is 1. The predicted molar refractivity (Wildman–Crippen MR) is 50.2 cm³/mol. The van der Waals surface area contributed by atoms with Crippen LogP contribution in [0.5, 0.6) is 0 Å². The monoisotopic (exact) mass is 200 g/mol. The zero-order valence-electron chi connectivity index (χ0n) is 7.07. The van der Waals surface area contributed by atoms with Crippen LogP contribution < -0.4 is 4.90 Å². The van der Waals surface area contributed by atoms with Gasteiger partial charge in [0.15, 0.2) is 0 Å². The summed E-state index contributed by atoms with van der Waals surface area (Å²) in [6.07, 6.45) is 0.465. The second kappa shape index (κ2) is 4.09. The van der Waals surface area contributed by atoms with Gasteiger partial charge in [-0.05, 0) is 12.1 Å². The fourth-order valence-electron chi connectivity index (χ4n) is 0.805. The number of pyridine rings is 1. The van der Waals surface area contributed by atoms with E-state index in [1.165, 1.54) is 13.2 Å². The quantitative estimate of drug-likeness (QED) is 0.743. The molecule has 0 aromatic carbocycles. The van der Waals surface area contributed by atoms with E-state index in [1.54, 1.807) is 12.1 Å². The van der Waals surface area contributed by atoms with Crippen LogP contribution in [0.4, 0.5) is 10.5 Å². The maximum absolute atomic E-state index is 10.5. The largest absolute Gasteiger partial charge is 0.465 e. The van der Waals surface area contributed by atoms with Crippen LogP contribution in [0.2, 0.25) is 0 Å². The minimum Gasteiger partial charge on any atom is -0.465 e. The third-order valence-corrected chi connectivity index (χ3v) is 1.89. The lowest BCUT2D eigenvalue weighted by molar-refractivity contribution is 0.203. The lowest BCUT2D eigenvalue weighted by Gasteiger charge is -2.11. The summed E-state index contributed by atoms with van der Waals surface area (Å²) in [5.74, 6) is 0.330. The maximum atomic E-state index is 10.5. The van der Waals surface area contributed by atoms with Gasteiger partial charge in [-0.1, -0.05) is 0 Å². The first kappa shape index (κ1) is 9.80. The summed E-state index contributed by atoms with van der Waals surface area (Å²) in [7, 11) is 1.46. The number of nitrogens with zero attached hydrogens (tertiary/aromatic N) is 2. The summed E-state index contributed by atoms with van der Waals surface area (Å²) >= 11 is 5.53. The average Bonchev–Trinajstić information content (AvgIpc) is 2.17. The topological polar surface area (TPSA) is 53.4 Å². The van der Waals surface area contributed by atoms with E-state index in [1.807, 2.05) is 0 Å². The average molecular weight is 201 g/mol. The van der Waals surface area contributed by atoms with Gasteiger partial charge < -0.3 is 5.11 Å². The van der Waals surface area contributed by atoms with Gasteiger partial charge in [-0.2, -0.15) is 0 Å². The van der Waals surface area contributed by atoms with Crippen LogP contribution in [0.15, 0.2) is 18.3 Å². The molecule has 0 fully saturated rings. The first-order valence-corrected chi connectivity index (χ1v) is 4.16. The lowest BCUT2D eigenvalue weighted by Crippen LogP contribution is -2.23. The molecule has 13 heavy (non-hydrogen) atoms. The Hall–Kier alpha value is -1.29. The molecule has 0 aliphatic carbocycles. The Morgan fingerprint density at radius 1 is 1.69 bits per heavy atom. The molecule has 5 heteroatoms. The van der Waals surface area contributed by atoms with E-state index in [-0.39, 0.29) is 0 Å². The molecule has 0 spiro atoms. The zero-order valence-corrected chi connectivity index (χ0v) is 7.82. The Bertz CT molecular complexity index is 300. The van der Waals surface area contributed by atoms with Crippen molar-refractivity contribution in [1.82, 2.24) is 4.98 Å². The van der Waals surface area contributed by atoms with Gasteiger partial charge in [0.1, 0.15) is 0 Å². The fraction of sp³-hybridized carbons (Fsp3) is 0.250. The Labute approximate surface area is 80.8 Å². The number of carbonyl (C=O) groups is 1. The van der Waals surface area contributed by atoms with Crippen LogP contribution >= 0.6 is 11.6 Å². The van der Waals surface area contributed by atoms with Crippen molar-refractivity contribution in [3.8, 4) is 0 Å². The van der Waals surface area contributed by atoms with Gasteiger partial charge in [-0.15, -0.1) is 11.6 Å². The van der Waals surface area contributed by atoms with Crippen molar-refractivity contribution >= 4 is 23.4 Å². The molecule has 0 unspecified atom stereocenters. The minimum atomic E-state index is -1.01. The van der Waals surface area contributed by atoms with Crippen molar-refractivity contribution in [3.05, 3.63) is 24.0 Å². The molecule has 1 rings (SSSR count). The van der Waals surface area contributed by atoms with Crippen LogP contribution in [-0.4, -0.2) is 23.2 Å². The highest BCUT2D eigenvalue weighted by Gasteiger charge is 2.07. The molecule has 4 nitrogen and oxygen atoms in total. The molecular weight excluding hydrogens is 192 g/mol. The highest BCUT2D eigenvalue weighted by molar-refractivity contribution is 6.16. The Kier molecular flexibility index (Phi) is 3.08. The smallest absolute Gasteiger partial charge is 0.411 e. The number of alkyl halides is 1. The number of hydrogen-bond donors (Lipinski definition) is 1. The molecule has 0 aliphatic rings. The van der Waals surface area contributed by atoms with Crippen LogP contribution in [-0.2, 0) is 5.88 Å². The third kappa shape index (κ3) is 2.32. The van der Waals surface area contributed by atoms with Crippen molar-refractivity contribution in [3.63, 3.8) is 0 Å². The van der Waals surface area contributed by atoms with Gasteiger partial charge in [0.05, 0.1) is 23.5 Å². The van der Waals surface area contributed by atoms with Crippen LogP contribution in [0.1, 0.15) is 5.69 Å². The number of carboxylic acid groups (broad SMARTS) is 1. The highest BCUT2D eigenvalue weighted by Crippen LogP contribution is 2.11. The molecule has 1 aromatic heterocycles. The molecule has 1 amide bonds. The van der Waals surface area contributed by atoms with Crippen molar-refractivity contribution in [2.24, 2.45) is 0 Å². The van der Waals surface area contributed by atoms with Crippen molar-refractivity contribution < 1.29 is 9.90 Å². The summed E-state index contributed by atoms with van der Waals surface area (Å²) in [5, 5.41) is 8.63. The Morgan fingerprint density at radius 2 is 2.38 bits per heavy atom. The minimum absolute atomic E-state index is 0.330. The molecule has 1 aromatic rings. The summed E-state index contributed by atoms with van der Waals surface area (Å²) in [4.78, 5) is 15.6. The molecule has 0 saturated carbocycles. The van der Waals surface area contributed by atoms with E-state index in [0.29, 0.717) is 11.6 Å². The van der Waals surface area contributed by atoms with Gasteiger partial charge in [-0.25, -0.2) is 4.79 Å². The normalized spacial score (nSPS) is 9.69. The van der Waals surface area contributed by atoms with Crippen LogP contribution in [0, 0.1) is 0 Å². The molecule has 0 saturated heterocycles. The summed E-state index contributed by atoms with van der Waals surface area (Å²) in [6, 6.07) is 3.36. The van der Waals surface area contributed by atoms with Crippen LogP contribution in [0.25, 0.3) is 0 Å². The van der Waals surface area contributed by atoms with Crippen molar-refractivity contribution in [2.75, 3.05) is 11.9 Å². The van der Waals surface area contributed by atoms with E-state index in [0.717, 1.165) is 10.6 Å². The zero-order chi connectivity index (χ0) is 9.84. The van der Waals surface area contributed by atoms with E-state index in [2.05, 4.69) is 4.98 Å².